The Morgan fingerprint density at radius 1 is 0.682 bits per heavy atom. The number of amides is 3. The summed E-state index contributed by atoms with van der Waals surface area (Å²) < 4.78 is 151. The molecule has 0 bridgehead atoms. The predicted octanol–water partition coefficient (Wildman–Crippen LogP) is 4.63. The summed E-state index contributed by atoms with van der Waals surface area (Å²) >= 11 is 0. The second-order valence-corrected chi connectivity index (χ2v) is 20.6. The van der Waals surface area contributed by atoms with Crippen molar-refractivity contribution in [3.8, 4) is 16.9 Å². The molecule has 0 unspecified atom stereocenters. The molecular formula is C58H79F4N5O20S. The summed E-state index contributed by atoms with van der Waals surface area (Å²) in [5.41, 5.74) is 10.2. The Morgan fingerprint density at radius 3 is 1.62 bits per heavy atom. The minimum absolute atomic E-state index is 0.0119. The zero-order valence-corrected chi connectivity index (χ0v) is 50.4. The first-order valence-electron chi connectivity index (χ1n) is 28.6. The maximum Gasteiger partial charge on any atom is 0.313 e. The van der Waals surface area contributed by atoms with Crippen LogP contribution in [0.1, 0.15) is 55.5 Å². The van der Waals surface area contributed by atoms with E-state index in [2.05, 4.69) is 15.0 Å². The molecule has 3 aromatic carbocycles. The molecule has 5 rings (SSSR count). The van der Waals surface area contributed by atoms with Gasteiger partial charge in [-0.25, -0.2) is 18.8 Å². The van der Waals surface area contributed by atoms with E-state index in [9.17, 15) is 45.2 Å². The number of carbonyl (C=O) groups excluding carboxylic acids is 4. The normalized spacial score (nSPS) is 15.0. The van der Waals surface area contributed by atoms with Crippen molar-refractivity contribution < 1.29 is 111 Å². The fourth-order valence-electron chi connectivity index (χ4n) is 8.54. The monoisotopic (exact) mass is 1270 g/mol. The van der Waals surface area contributed by atoms with Gasteiger partial charge in [-0.1, -0.05) is 31.2 Å². The molecule has 3 aromatic rings. The predicted molar refractivity (Wildman–Crippen MR) is 307 cm³/mol. The number of hydrogen-bond acceptors (Lipinski definition) is 21. The summed E-state index contributed by atoms with van der Waals surface area (Å²) in [6.45, 7) is 10.7. The summed E-state index contributed by atoms with van der Waals surface area (Å²) in [5.74, 6) is -13.2. The van der Waals surface area contributed by atoms with Crippen molar-refractivity contribution in [1.29, 1.82) is 0 Å². The smallest absolute Gasteiger partial charge is 0.313 e. The van der Waals surface area contributed by atoms with Crippen molar-refractivity contribution in [3.63, 3.8) is 0 Å². The van der Waals surface area contributed by atoms with Crippen LogP contribution in [0.2, 0.25) is 0 Å². The Balaban J connectivity index is 0.786. The molecule has 2 aliphatic rings. The van der Waals surface area contributed by atoms with Crippen molar-refractivity contribution in [2.75, 3.05) is 165 Å². The van der Waals surface area contributed by atoms with Crippen molar-refractivity contribution in [1.82, 2.24) is 15.3 Å². The zero-order chi connectivity index (χ0) is 63.7. The largest absolute Gasteiger partial charge is 0.420 e. The van der Waals surface area contributed by atoms with E-state index in [1.54, 1.807) is 30.2 Å². The van der Waals surface area contributed by atoms with Gasteiger partial charge < -0.3 is 72.8 Å². The second-order valence-electron chi connectivity index (χ2n) is 19.2. The first-order chi connectivity index (χ1) is 42.5. The lowest BCUT2D eigenvalue weighted by atomic mass is 9.99. The van der Waals surface area contributed by atoms with Gasteiger partial charge in [-0.05, 0) is 48.7 Å². The lowest BCUT2D eigenvalue weighted by molar-refractivity contribution is -0.180. The molecule has 2 heterocycles. The molecule has 0 spiro atoms. The van der Waals surface area contributed by atoms with E-state index in [0.717, 1.165) is 23.1 Å². The number of methoxy groups -OCH3 is 1. The van der Waals surface area contributed by atoms with Gasteiger partial charge in [0.2, 0.25) is 23.3 Å². The fraction of sp³-hybridized carbons (Fsp3) is 0.569. The lowest BCUT2D eigenvalue weighted by Gasteiger charge is -2.24. The number of aliphatic imine (C=N–C) groups is 1. The molecular weight excluding hydrogens is 1190 g/mol. The van der Waals surface area contributed by atoms with Crippen molar-refractivity contribution >= 4 is 51.4 Å². The SMILES string of the molecule is CCCN(OCC)C(=O)C1=Cc2ccc(-c3ccc(C(=O)N4C[C@H](OC)C[C@H]4C(=O)NCCOCCOCCOCCOCCOCCOCCOCCOCCOCCOCCC(=O)Oc4c(F)c(F)c(S(=O)(=O)O)c(F)c4F)cc3)cc2N=C(N)C1. The van der Waals surface area contributed by atoms with Gasteiger partial charge in [-0.3, -0.25) is 28.6 Å². The van der Waals surface area contributed by atoms with Crippen LogP contribution >= 0.6 is 0 Å². The highest BCUT2D eigenvalue weighted by molar-refractivity contribution is 7.85. The number of likely N-dealkylation sites (tertiary alicyclic amines) is 1. The first kappa shape index (κ1) is 72.6. The van der Waals surface area contributed by atoms with Gasteiger partial charge in [0.1, 0.15) is 11.9 Å². The number of carbonyl (C=O) groups is 4. The minimum atomic E-state index is -5.66. The Hall–Kier alpha value is -6.10. The third kappa shape index (κ3) is 24.4. The molecule has 3 amide bonds. The fourth-order valence-corrected chi connectivity index (χ4v) is 9.17. The first-order valence-corrected chi connectivity index (χ1v) is 30.1. The van der Waals surface area contributed by atoms with Crippen LogP contribution in [0.5, 0.6) is 5.75 Å². The Morgan fingerprint density at radius 2 is 1.16 bits per heavy atom. The van der Waals surface area contributed by atoms with Crippen LogP contribution in [0.3, 0.4) is 0 Å². The van der Waals surface area contributed by atoms with Gasteiger partial charge in [0.25, 0.3) is 11.8 Å². The van der Waals surface area contributed by atoms with Gasteiger partial charge in [-0.2, -0.15) is 17.2 Å². The number of fused-ring (bicyclic) bond motifs is 1. The number of esters is 1. The Kier molecular flexibility index (Phi) is 32.9. The van der Waals surface area contributed by atoms with E-state index in [0.29, 0.717) is 135 Å². The summed E-state index contributed by atoms with van der Waals surface area (Å²) in [6, 6.07) is 12.1. The van der Waals surface area contributed by atoms with Crippen molar-refractivity contribution in [3.05, 3.63) is 82.4 Å². The van der Waals surface area contributed by atoms with Crippen LogP contribution in [0, 0.1) is 23.3 Å². The van der Waals surface area contributed by atoms with Gasteiger partial charge >= 0.3 is 16.1 Å². The zero-order valence-electron chi connectivity index (χ0n) is 49.6. The molecule has 2 aliphatic heterocycles. The van der Waals surface area contributed by atoms with E-state index >= 15 is 0 Å². The average Bonchev–Trinajstić information content (AvgIpc) is 2.18. The summed E-state index contributed by atoms with van der Waals surface area (Å²) in [6.07, 6.45) is 2.19. The number of halogens is 4. The third-order valence-electron chi connectivity index (χ3n) is 12.8. The molecule has 4 N–H and O–H groups in total. The second kappa shape index (κ2) is 39.8. The molecule has 1 saturated heterocycles. The highest BCUT2D eigenvalue weighted by atomic mass is 32.2. The van der Waals surface area contributed by atoms with Crippen molar-refractivity contribution in [2.24, 2.45) is 10.7 Å². The molecule has 0 saturated carbocycles. The molecule has 0 radical (unpaired) electrons. The molecule has 25 nitrogen and oxygen atoms in total. The van der Waals surface area contributed by atoms with Gasteiger partial charge in [0.05, 0.1) is 157 Å². The topological polar surface area (TPSA) is 300 Å². The van der Waals surface area contributed by atoms with Crippen LogP contribution < -0.4 is 15.8 Å². The number of ether oxygens (including phenoxy) is 12. The number of nitrogens with one attached hydrogen (secondary N) is 1. The van der Waals surface area contributed by atoms with Crippen LogP contribution in [0.4, 0.5) is 23.2 Å². The summed E-state index contributed by atoms with van der Waals surface area (Å²) in [7, 11) is -4.10. The summed E-state index contributed by atoms with van der Waals surface area (Å²) in [5, 5.41) is 4.25. The van der Waals surface area contributed by atoms with Crippen LogP contribution in [0.25, 0.3) is 17.2 Å². The molecule has 0 aromatic heterocycles. The van der Waals surface area contributed by atoms with Crippen LogP contribution in [-0.2, 0) is 81.4 Å². The minimum Gasteiger partial charge on any atom is -0.420 e. The van der Waals surface area contributed by atoms with Gasteiger partial charge in [-0.15, -0.1) is 0 Å². The maximum absolute atomic E-state index is 14.0. The highest BCUT2D eigenvalue weighted by Gasteiger charge is 2.40. The molecule has 2 atom stereocenters. The average molecular weight is 1270 g/mol. The molecule has 30 heteroatoms. The van der Waals surface area contributed by atoms with E-state index in [-0.39, 0.29) is 83.0 Å². The lowest BCUT2D eigenvalue weighted by Crippen LogP contribution is -2.46. The number of amidine groups is 1. The summed E-state index contributed by atoms with van der Waals surface area (Å²) in [4.78, 5) is 61.8. The number of hydrogen-bond donors (Lipinski definition) is 3. The number of nitrogens with two attached hydrogens (primary N) is 1. The standard InChI is InChI=1S/C58H79F4N5O20S/c1-4-14-67(86-5-2)58(71)44-35-43-11-10-42(36-46(43)65-48(63)37-44)40-6-8-41(9-7-40)57(70)66-39-45(75-3)38-47(66)56(69)64-13-16-77-18-20-79-22-24-81-26-28-83-30-32-85-34-33-84-31-29-82-27-25-80-23-21-78-19-17-76-15-12-49(68)87-54-50(59)52(61)55(88(72,73)74)53(62)51(54)60/h6-11,35-36,45,47H,4-5,12-34,37-39H2,1-3H3,(H2,63,65)(H,64,69)(H,72,73,74)/t45-,47+/m1/s1. The highest BCUT2D eigenvalue weighted by Crippen LogP contribution is 2.34. The molecule has 1 fully saturated rings. The third-order valence-corrected chi connectivity index (χ3v) is 13.7. The van der Waals surface area contributed by atoms with Crippen LogP contribution in [-0.4, -0.2) is 230 Å². The Labute approximate surface area is 508 Å². The maximum atomic E-state index is 14.0. The number of rotatable bonds is 44. The molecule has 490 valence electrons. The van der Waals surface area contributed by atoms with E-state index in [1.807, 2.05) is 44.2 Å². The van der Waals surface area contributed by atoms with Gasteiger partial charge in [0.15, 0.2) is 16.5 Å². The number of benzene rings is 3. The van der Waals surface area contributed by atoms with Crippen molar-refractivity contribution in [2.45, 2.75) is 56.6 Å². The number of hydroxylamine groups is 2. The number of nitrogens with zero attached hydrogens (tertiary/aromatic N) is 3. The van der Waals surface area contributed by atoms with E-state index in [1.165, 1.54) is 5.06 Å². The van der Waals surface area contributed by atoms with Gasteiger partial charge in [0, 0.05) is 56.3 Å². The Bertz CT molecular complexity index is 2820. The quantitative estimate of drug-likeness (QED) is 0.0132. The molecule has 88 heavy (non-hydrogen) atoms. The van der Waals surface area contributed by atoms with Crippen LogP contribution in [0.15, 0.2) is 57.9 Å². The molecule has 0 aliphatic carbocycles. The van der Waals surface area contributed by atoms with E-state index in [4.69, 9.17) is 67.2 Å². The van der Waals surface area contributed by atoms with E-state index < -0.39 is 62.5 Å².